The maximum absolute atomic E-state index is 13.2. The summed E-state index contributed by atoms with van der Waals surface area (Å²) in [6, 6.07) is 15.4. The first-order valence-corrected chi connectivity index (χ1v) is 10.8. The minimum atomic E-state index is -0.226. The van der Waals surface area contributed by atoms with E-state index in [4.69, 9.17) is 0 Å². The summed E-state index contributed by atoms with van der Waals surface area (Å²) in [6.07, 6.45) is 0.538. The largest absolute Gasteiger partial charge is 0.326 e. The number of nitrogens with one attached hydrogen (secondary N) is 1. The van der Waals surface area contributed by atoms with Crippen LogP contribution >= 0.6 is 0 Å². The summed E-state index contributed by atoms with van der Waals surface area (Å²) in [4.78, 5) is 30.5. The van der Waals surface area contributed by atoms with Crippen LogP contribution < -0.4 is 10.9 Å². The molecule has 0 aliphatic heterocycles. The van der Waals surface area contributed by atoms with Crippen LogP contribution in [0.2, 0.25) is 0 Å². The van der Waals surface area contributed by atoms with Crippen molar-refractivity contribution in [2.24, 2.45) is 0 Å². The molecule has 164 valence electrons. The van der Waals surface area contributed by atoms with E-state index in [1.54, 1.807) is 0 Å². The summed E-state index contributed by atoms with van der Waals surface area (Å²) >= 11 is 0. The number of anilines is 1. The molecule has 0 fully saturated rings. The Morgan fingerprint density at radius 3 is 2.50 bits per heavy atom. The zero-order chi connectivity index (χ0) is 22.8. The van der Waals surface area contributed by atoms with Crippen LogP contribution in [0.1, 0.15) is 35.7 Å². The highest BCUT2D eigenvalue weighted by Gasteiger charge is 2.19. The predicted molar refractivity (Wildman–Crippen MR) is 126 cm³/mol. The number of aromatic nitrogens is 4. The average molecular weight is 430 g/mol. The predicted octanol–water partition coefficient (Wildman–Crippen LogP) is 4.07. The van der Waals surface area contributed by atoms with Crippen molar-refractivity contribution in [2.75, 3.05) is 5.32 Å². The van der Waals surface area contributed by atoms with Crippen LogP contribution in [0.3, 0.4) is 0 Å². The van der Waals surface area contributed by atoms with Crippen molar-refractivity contribution in [1.29, 1.82) is 0 Å². The van der Waals surface area contributed by atoms with Gasteiger partial charge in [0, 0.05) is 35.5 Å². The number of fused-ring (bicyclic) bond motifs is 1. The van der Waals surface area contributed by atoms with E-state index in [1.807, 2.05) is 80.8 Å². The fraction of sp³-hybridized carbons (Fsp3) is 0.280. The summed E-state index contributed by atoms with van der Waals surface area (Å²) in [5, 5.41) is 7.45. The highest BCUT2D eigenvalue weighted by molar-refractivity contribution is 5.91. The third-order valence-corrected chi connectivity index (χ3v) is 5.95. The lowest BCUT2D eigenvalue weighted by molar-refractivity contribution is -0.116. The van der Waals surface area contributed by atoms with Gasteiger partial charge in [0.2, 0.25) is 11.7 Å². The molecule has 2 aromatic heterocycles. The first kappa shape index (κ1) is 21.5. The van der Waals surface area contributed by atoms with Crippen LogP contribution in [-0.2, 0) is 17.8 Å². The third kappa shape index (κ3) is 3.93. The number of rotatable bonds is 6. The van der Waals surface area contributed by atoms with Crippen molar-refractivity contribution < 1.29 is 4.79 Å². The number of nitrogens with zero attached hydrogens (tertiary/aromatic N) is 4. The molecular weight excluding hydrogens is 402 g/mol. The standard InChI is InChI=1S/C25H27N5O2/c1-5-29-18(4)20(14-15-22(31)26-21-13-9-10-16(2)17(21)3)24(32)30-25(29)27-23(28-30)19-11-7-6-8-12-19/h6-13H,5,14-15H2,1-4H3,(H,26,31). The van der Waals surface area contributed by atoms with Gasteiger partial charge in [0.25, 0.3) is 5.56 Å². The van der Waals surface area contributed by atoms with Gasteiger partial charge in [-0.15, -0.1) is 5.10 Å². The van der Waals surface area contributed by atoms with E-state index in [0.717, 1.165) is 28.1 Å². The lowest BCUT2D eigenvalue weighted by atomic mass is 10.1. The smallest absolute Gasteiger partial charge is 0.279 e. The van der Waals surface area contributed by atoms with Crippen molar-refractivity contribution >= 4 is 17.4 Å². The van der Waals surface area contributed by atoms with Gasteiger partial charge in [-0.05, 0) is 51.3 Å². The minimum absolute atomic E-state index is 0.121. The van der Waals surface area contributed by atoms with Crippen molar-refractivity contribution in [1.82, 2.24) is 19.2 Å². The van der Waals surface area contributed by atoms with Gasteiger partial charge in [0.05, 0.1) is 0 Å². The Hall–Kier alpha value is -3.74. The summed E-state index contributed by atoms with van der Waals surface area (Å²) in [5.74, 6) is 0.899. The van der Waals surface area contributed by atoms with Crippen molar-refractivity contribution in [3.8, 4) is 11.4 Å². The van der Waals surface area contributed by atoms with Gasteiger partial charge < -0.3 is 9.88 Å². The number of hydrogen-bond acceptors (Lipinski definition) is 4. The van der Waals surface area contributed by atoms with Gasteiger partial charge >= 0.3 is 0 Å². The normalized spacial score (nSPS) is 11.1. The van der Waals surface area contributed by atoms with Crippen molar-refractivity contribution in [3.05, 3.63) is 81.3 Å². The summed E-state index contributed by atoms with van der Waals surface area (Å²) in [7, 11) is 0. The Morgan fingerprint density at radius 2 is 1.78 bits per heavy atom. The molecule has 4 aromatic rings. The van der Waals surface area contributed by atoms with E-state index in [-0.39, 0.29) is 17.9 Å². The molecule has 0 aliphatic rings. The number of amides is 1. The second kappa shape index (κ2) is 8.78. The first-order chi connectivity index (χ1) is 15.4. The van der Waals surface area contributed by atoms with E-state index >= 15 is 0 Å². The van der Waals surface area contributed by atoms with Gasteiger partial charge in [-0.1, -0.05) is 42.5 Å². The molecule has 32 heavy (non-hydrogen) atoms. The Kier molecular flexibility index (Phi) is 5.90. The molecule has 7 heteroatoms. The Bertz CT molecular complexity index is 1350. The number of aryl methyl sites for hydroxylation is 2. The zero-order valence-corrected chi connectivity index (χ0v) is 18.8. The molecule has 2 heterocycles. The second-order valence-corrected chi connectivity index (χ2v) is 7.92. The monoisotopic (exact) mass is 429 g/mol. The summed E-state index contributed by atoms with van der Waals surface area (Å²) < 4.78 is 3.33. The van der Waals surface area contributed by atoms with Gasteiger partial charge in [-0.2, -0.15) is 9.50 Å². The Balaban J connectivity index is 1.64. The molecule has 7 nitrogen and oxygen atoms in total. The summed E-state index contributed by atoms with van der Waals surface area (Å²) in [5.41, 5.74) is 4.99. The van der Waals surface area contributed by atoms with Gasteiger partial charge in [0.1, 0.15) is 0 Å². The molecule has 0 saturated heterocycles. The van der Waals surface area contributed by atoms with Crippen LogP contribution in [0.4, 0.5) is 5.69 Å². The van der Waals surface area contributed by atoms with Crippen LogP contribution in [-0.4, -0.2) is 25.1 Å². The van der Waals surface area contributed by atoms with Crippen LogP contribution in [0.25, 0.3) is 17.2 Å². The molecule has 0 bridgehead atoms. The molecular formula is C25H27N5O2. The molecule has 0 atom stereocenters. The van der Waals surface area contributed by atoms with E-state index in [1.165, 1.54) is 4.52 Å². The molecule has 0 spiro atoms. The quantitative estimate of drug-likeness (QED) is 0.501. The lowest BCUT2D eigenvalue weighted by Gasteiger charge is -2.14. The Morgan fingerprint density at radius 1 is 1.03 bits per heavy atom. The van der Waals surface area contributed by atoms with Crippen LogP contribution in [0.5, 0.6) is 0 Å². The molecule has 0 unspecified atom stereocenters. The van der Waals surface area contributed by atoms with E-state index < -0.39 is 0 Å². The van der Waals surface area contributed by atoms with Gasteiger partial charge in [-0.25, -0.2) is 0 Å². The summed E-state index contributed by atoms with van der Waals surface area (Å²) in [6.45, 7) is 8.55. The zero-order valence-electron chi connectivity index (χ0n) is 18.8. The highest BCUT2D eigenvalue weighted by atomic mass is 16.1. The molecule has 4 rings (SSSR count). The molecule has 0 radical (unpaired) electrons. The Labute approximate surface area is 186 Å². The number of benzene rings is 2. The second-order valence-electron chi connectivity index (χ2n) is 7.92. The average Bonchev–Trinajstić information content (AvgIpc) is 3.23. The minimum Gasteiger partial charge on any atom is -0.326 e. The topological polar surface area (TPSA) is 81.3 Å². The number of hydrogen-bond donors (Lipinski definition) is 1. The maximum atomic E-state index is 13.2. The highest BCUT2D eigenvalue weighted by Crippen LogP contribution is 2.19. The van der Waals surface area contributed by atoms with Crippen molar-refractivity contribution in [3.63, 3.8) is 0 Å². The fourth-order valence-corrected chi connectivity index (χ4v) is 3.92. The van der Waals surface area contributed by atoms with E-state index in [2.05, 4.69) is 15.4 Å². The van der Waals surface area contributed by atoms with Crippen molar-refractivity contribution in [2.45, 2.75) is 47.1 Å². The third-order valence-electron chi connectivity index (χ3n) is 5.95. The van der Waals surface area contributed by atoms with Crippen LogP contribution in [0.15, 0.2) is 53.3 Å². The molecule has 0 saturated carbocycles. The maximum Gasteiger partial charge on any atom is 0.279 e. The van der Waals surface area contributed by atoms with Gasteiger partial charge in [0.15, 0.2) is 5.82 Å². The van der Waals surface area contributed by atoms with Gasteiger partial charge in [-0.3, -0.25) is 9.59 Å². The van der Waals surface area contributed by atoms with Crippen LogP contribution in [0, 0.1) is 20.8 Å². The SMILES string of the molecule is CCn1c(C)c(CCC(=O)Nc2cccc(C)c2C)c(=O)n2nc(-c3ccccc3)nc12. The molecule has 1 N–H and O–H groups in total. The molecule has 2 aromatic carbocycles. The number of carbonyl (C=O) groups excluding carboxylic acids is 1. The lowest BCUT2D eigenvalue weighted by Crippen LogP contribution is -2.27. The molecule has 1 amide bonds. The fourth-order valence-electron chi connectivity index (χ4n) is 3.92. The number of carbonyl (C=O) groups is 1. The van der Waals surface area contributed by atoms with E-state index in [9.17, 15) is 9.59 Å². The first-order valence-electron chi connectivity index (χ1n) is 10.8. The van der Waals surface area contributed by atoms with E-state index in [0.29, 0.717) is 30.1 Å². The molecule has 0 aliphatic carbocycles.